The minimum absolute atomic E-state index is 0.197. The van der Waals surface area contributed by atoms with Crippen LogP contribution < -0.4 is 10.1 Å². The third-order valence-electron chi connectivity index (χ3n) is 5.62. The number of aliphatic hydroxyl groups is 1. The number of amides is 1. The number of aryl methyl sites for hydroxylation is 1. The van der Waals surface area contributed by atoms with Crippen LogP contribution in [0, 0.1) is 18.7 Å². The van der Waals surface area contributed by atoms with E-state index in [2.05, 4.69) is 10.3 Å². The van der Waals surface area contributed by atoms with Gasteiger partial charge in [-0.25, -0.2) is 4.39 Å². The van der Waals surface area contributed by atoms with E-state index >= 15 is 0 Å². The van der Waals surface area contributed by atoms with Crippen LogP contribution >= 0.6 is 0 Å². The van der Waals surface area contributed by atoms with Crippen molar-refractivity contribution in [3.63, 3.8) is 0 Å². The molecule has 6 heteroatoms. The molecular formula is C25H25FN2O3. The summed E-state index contributed by atoms with van der Waals surface area (Å²) < 4.78 is 18.8. The molecule has 0 spiro atoms. The number of nitrogens with zero attached hydrogens (tertiary/aromatic N) is 1. The molecule has 1 amide bonds. The van der Waals surface area contributed by atoms with E-state index < -0.39 is 0 Å². The van der Waals surface area contributed by atoms with Gasteiger partial charge in [0.2, 0.25) is 0 Å². The monoisotopic (exact) mass is 420 g/mol. The van der Waals surface area contributed by atoms with Crippen LogP contribution in [0.5, 0.6) is 5.75 Å². The first-order valence-electron chi connectivity index (χ1n) is 10.3. The Bertz CT molecular complexity index is 1110. The van der Waals surface area contributed by atoms with Gasteiger partial charge in [-0.1, -0.05) is 6.07 Å². The van der Waals surface area contributed by atoms with Crippen LogP contribution in [-0.2, 0) is 6.61 Å². The van der Waals surface area contributed by atoms with Crippen LogP contribution in [0.3, 0.4) is 0 Å². The van der Waals surface area contributed by atoms with E-state index in [1.54, 1.807) is 37.6 Å². The molecular weight excluding hydrogens is 395 g/mol. The number of benzene rings is 2. The van der Waals surface area contributed by atoms with E-state index in [0.29, 0.717) is 22.8 Å². The second kappa shape index (κ2) is 8.86. The standard InChI is InChI=1S/C25H25FN2O3/c1-15-9-20(26)5-6-22(15)18-10-16(14-29)11-19(12-18)25(30)28-24(17-3-4-17)23-13-21(31-2)7-8-27-23/h5-13,17,24,29H,3-4,14H2,1-2H3,(H,28,30)/t24-/m0/s1. The molecule has 31 heavy (non-hydrogen) atoms. The Labute approximate surface area is 180 Å². The predicted octanol–water partition coefficient (Wildman–Crippen LogP) is 4.58. The van der Waals surface area contributed by atoms with Crippen molar-refractivity contribution in [2.24, 2.45) is 5.92 Å². The zero-order valence-corrected chi connectivity index (χ0v) is 17.6. The number of rotatable bonds is 7. The largest absolute Gasteiger partial charge is 0.497 e. The normalized spacial score (nSPS) is 14.2. The smallest absolute Gasteiger partial charge is 0.251 e. The van der Waals surface area contributed by atoms with Crippen molar-refractivity contribution in [3.8, 4) is 16.9 Å². The Morgan fingerprint density at radius 3 is 2.71 bits per heavy atom. The maximum Gasteiger partial charge on any atom is 0.251 e. The van der Waals surface area contributed by atoms with Crippen molar-refractivity contribution < 1.29 is 19.0 Å². The topological polar surface area (TPSA) is 71.5 Å². The summed E-state index contributed by atoms with van der Waals surface area (Å²) in [6.45, 7) is 1.62. The number of halogens is 1. The molecule has 5 nitrogen and oxygen atoms in total. The van der Waals surface area contributed by atoms with Gasteiger partial charge >= 0.3 is 0 Å². The first-order chi connectivity index (χ1) is 15.0. The molecule has 160 valence electrons. The average Bonchev–Trinajstić information content (AvgIpc) is 3.62. The molecule has 1 aliphatic carbocycles. The quantitative estimate of drug-likeness (QED) is 0.587. The van der Waals surface area contributed by atoms with E-state index in [4.69, 9.17) is 4.74 Å². The molecule has 0 aliphatic heterocycles. The Morgan fingerprint density at radius 1 is 1.23 bits per heavy atom. The second-order valence-corrected chi connectivity index (χ2v) is 7.95. The average molecular weight is 420 g/mol. The van der Waals surface area contributed by atoms with Crippen LogP contribution in [0.25, 0.3) is 11.1 Å². The van der Waals surface area contributed by atoms with E-state index in [1.807, 2.05) is 19.1 Å². The van der Waals surface area contributed by atoms with Gasteiger partial charge in [0, 0.05) is 17.8 Å². The molecule has 1 fully saturated rings. The van der Waals surface area contributed by atoms with Gasteiger partial charge in [0.15, 0.2) is 0 Å². The van der Waals surface area contributed by atoms with E-state index in [0.717, 1.165) is 35.2 Å². The fourth-order valence-electron chi connectivity index (χ4n) is 3.83. The van der Waals surface area contributed by atoms with Crippen molar-refractivity contribution in [1.82, 2.24) is 10.3 Å². The fraction of sp³-hybridized carbons (Fsp3) is 0.280. The lowest BCUT2D eigenvalue weighted by atomic mass is 9.96. The minimum atomic E-state index is -0.310. The molecule has 2 aromatic carbocycles. The van der Waals surface area contributed by atoms with Crippen molar-refractivity contribution in [1.29, 1.82) is 0 Å². The molecule has 4 rings (SSSR count). The Kier molecular flexibility index (Phi) is 6.00. The summed E-state index contributed by atoms with van der Waals surface area (Å²) >= 11 is 0. The summed E-state index contributed by atoms with van der Waals surface area (Å²) in [6, 6.07) is 13.2. The number of methoxy groups -OCH3 is 1. The number of aromatic nitrogens is 1. The lowest BCUT2D eigenvalue weighted by Crippen LogP contribution is -2.30. The van der Waals surface area contributed by atoms with Gasteiger partial charge in [-0.15, -0.1) is 0 Å². The summed E-state index contributed by atoms with van der Waals surface area (Å²) in [5.74, 6) is 0.484. The SMILES string of the molecule is COc1ccnc([C@@H](NC(=O)c2cc(CO)cc(-c3ccc(F)cc3C)c2)C2CC2)c1. The molecule has 2 N–H and O–H groups in total. The molecule has 0 bridgehead atoms. The maximum absolute atomic E-state index is 13.5. The van der Waals surface area contributed by atoms with E-state index in [-0.39, 0.29) is 24.4 Å². The Balaban J connectivity index is 1.65. The van der Waals surface area contributed by atoms with Gasteiger partial charge < -0.3 is 15.2 Å². The van der Waals surface area contributed by atoms with E-state index in [1.165, 1.54) is 12.1 Å². The van der Waals surface area contributed by atoms with Crippen LogP contribution in [0.15, 0.2) is 54.7 Å². The summed E-state index contributed by atoms with van der Waals surface area (Å²) in [5, 5.41) is 12.8. The summed E-state index contributed by atoms with van der Waals surface area (Å²) in [6.07, 6.45) is 3.73. The first-order valence-corrected chi connectivity index (χ1v) is 10.3. The number of aliphatic hydroxyl groups excluding tert-OH is 1. The van der Waals surface area contributed by atoms with E-state index in [9.17, 15) is 14.3 Å². The number of ether oxygens (including phenoxy) is 1. The van der Waals surface area contributed by atoms with Gasteiger partial charge in [-0.3, -0.25) is 9.78 Å². The van der Waals surface area contributed by atoms with Crippen molar-refractivity contribution >= 4 is 5.91 Å². The summed E-state index contributed by atoms with van der Waals surface area (Å²) in [4.78, 5) is 17.6. The van der Waals surface area contributed by atoms with Crippen molar-refractivity contribution in [2.75, 3.05) is 7.11 Å². The number of hydrogen-bond donors (Lipinski definition) is 2. The van der Waals surface area contributed by atoms with Gasteiger partial charge in [-0.05, 0) is 84.3 Å². The molecule has 1 aliphatic rings. The minimum Gasteiger partial charge on any atom is -0.497 e. The lowest BCUT2D eigenvalue weighted by Gasteiger charge is -2.19. The lowest BCUT2D eigenvalue weighted by molar-refractivity contribution is 0.0930. The number of carbonyl (C=O) groups is 1. The van der Waals surface area contributed by atoms with Crippen LogP contribution in [0.1, 0.15) is 46.1 Å². The predicted molar refractivity (Wildman–Crippen MR) is 116 cm³/mol. The molecule has 1 heterocycles. The third kappa shape index (κ3) is 4.75. The number of nitrogens with one attached hydrogen (secondary N) is 1. The van der Waals surface area contributed by atoms with Crippen molar-refractivity contribution in [2.45, 2.75) is 32.4 Å². The maximum atomic E-state index is 13.5. The van der Waals surface area contributed by atoms with Gasteiger partial charge in [0.05, 0.1) is 25.5 Å². The van der Waals surface area contributed by atoms with Crippen molar-refractivity contribution in [3.05, 3.63) is 82.9 Å². The number of pyridine rings is 1. The fourth-order valence-corrected chi connectivity index (χ4v) is 3.83. The Morgan fingerprint density at radius 2 is 2.03 bits per heavy atom. The molecule has 0 unspecified atom stereocenters. The molecule has 1 aromatic heterocycles. The van der Waals surface area contributed by atoms with Gasteiger partial charge in [-0.2, -0.15) is 0 Å². The number of carbonyl (C=O) groups excluding carboxylic acids is 1. The van der Waals surface area contributed by atoms with Gasteiger partial charge in [0.25, 0.3) is 5.91 Å². The highest BCUT2D eigenvalue weighted by Crippen LogP contribution is 2.41. The summed E-state index contributed by atoms with van der Waals surface area (Å²) in [5.41, 5.74) is 4.17. The molecule has 0 saturated heterocycles. The zero-order chi connectivity index (χ0) is 22.0. The third-order valence-corrected chi connectivity index (χ3v) is 5.62. The molecule has 0 radical (unpaired) electrons. The van der Waals surface area contributed by atoms with Gasteiger partial charge in [0.1, 0.15) is 11.6 Å². The number of hydrogen-bond acceptors (Lipinski definition) is 4. The zero-order valence-electron chi connectivity index (χ0n) is 17.6. The first kappa shape index (κ1) is 21.0. The molecule has 1 saturated carbocycles. The summed E-state index contributed by atoms with van der Waals surface area (Å²) in [7, 11) is 1.60. The molecule has 3 aromatic rings. The highest BCUT2D eigenvalue weighted by atomic mass is 19.1. The second-order valence-electron chi connectivity index (χ2n) is 7.95. The highest BCUT2D eigenvalue weighted by molar-refractivity contribution is 5.96. The van der Waals surface area contributed by atoms with Crippen LogP contribution in [0.4, 0.5) is 4.39 Å². The van der Waals surface area contributed by atoms with Crippen LogP contribution in [0.2, 0.25) is 0 Å². The molecule has 1 atom stereocenters. The van der Waals surface area contributed by atoms with Crippen LogP contribution in [-0.4, -0.2) is 23.1 Å². The Hall–Kier alpha value is -3.25. The highest BCUT2D eigenvalue weighted by Gasteiger charge is 2.34.